The molecule has 0 unspecified atom stereocenters. The van der Waals surface area contributed by atoms with E-state index in [1.165, 1.54) is 11.4 Å². The Hall–Kier alpha value is -1.88. The number of pyridine rings is 1. The average Bonchev–Trinajstić information content (AvgIpc) is 2.54. The Morgan fingerprint density at radius 1 is 1.14 bits per heavy atom. The molecule has 1 aromatic heterocycles. The van der Waals surface area contributed by atoms with Gasteiger partial charge in [-0.2, -0.15) is 0 Å². The molecule has 0 aliphatic carbocycles. The summed E-state index contributed by atoms with van der Waals surface area (Å²) in [7, 11) is -2.06. The van der Waals surface area contributed by atoms with Gasteiger partial charge in [0.1, 0.15) is 5.82 Å². The van der Waals surface area contributed by atoms with Gasteiger partial charge in [-0.1, -0.05) is 32.0 Å². The van der Waals surface area contributed by atoms with Crippen molar-refractivity contribution in [3.63, 3.8) is 0 Å². The van der Waals surface area contributed by atoms with Crippen molar-refractivity contribution in [2.45, 2.75) is 31.1 Å². The van der Waals surface area contributed by atoms with E-state index < -0.39 is 10.0 Å². The molecule has 1 heterocycles. The molecule has 0 amide bonds. The fourth-order valence-corrected chi connectivity index (χ4v) is 3.18. The molecule has 2 rings (SSSR count). The Kier molecular flexibility index (Phi) is 4.63. The third-order valence-corrected chi connectivity index (χ3v) is 5.47. The average molecular weight is 304 g/mol. The first-order valence-corrected chi connectivity index (χ1v) is 8.40. The van der Waals surface area contributed by atoms with Crippen molar-refractivity contribution in [1.82, 2.24) is 4.98 Å². The topological polar surface area (TPSA) is 50.3 Å². The van der Waals surface area contributed by atoms with Crippen LogP contribution >= 0.6 is 0 Å². The fourth-order valence-electron chi connectivity index (χ4n) is 2.03. The van der Waals surface area contributed by atoms with E-state index in [1.807, 2.05) is 12.1 Å². The zero-order chi connectivity index (χ0) is 15.5. The van der Waals surface area contributed by atoms with Crippen molar-refractivity contribution in [2.24, 2.45) is 0 Å². The van der Waals surface area contributed by atoms with Crippen molar-refractivity contribution < 1.29 is 8.42 Å². The second-order valence-corrected chi connectivity index (χ2v) is 7.01. The lowest BCUT2D eigenvalue weighted by atomic mass is 9.99. The van der Waals surface area contributed by atoms with Crippen LogP contribution < -0.4 is 4.31 Å². The summed E-state index contributed by atoms with van der Waals surface area (Å²) in [6.45, 7) is 4.24. The Balaban J connectivity index is 2.32. The molecule has 0 aliphatic rings. The van der Waals surface area contributed by atoms with Gasteiger partial charge in [-0.3, -0.25) is 4.31 Å². The number of hydrogen-bond donors (Lipinski definition) is 0. The van der Waals surface area contributed by atoms with Crippen LogP contribution in [0, 0.1) is 0 Å². The SMILES string of the molecule is CC[C@@H](C)c1ccc(S(=O)(=O)N(C)c2ccccn2)cc1. The van der Waals surface area contributed by atoms with E-state index in [9.17, 15) is 8.42 Å². The van der Waals surface area contributed by atoms with Crippen molar-refractivity contribution in [3.8, 4) is 0 Å². The molecule has 21 heavy (non-hydrogen) atoms. The smallest absolute Gasteiger partial charge is 0.253 e. The van der Waals surface area contributed by atoms with Crippen LogP contribution in [0.1, 0.15) is 31.7 Å². The highest BCUT2D eigenvalue weighted by molar-refractivity contribution is 7.92. The van der Waals surface area contributed by atoms with E-state index in [4.69, 9.17) is 0 Å². The molecule has 0 saturated carbocycles. The number of hydrogen-bond acceptors (Lipinski definition) is 3. The molecule has 0 spiro atoms. The third-order valence-electron chi connectivity index (χ3n) is 3.69. The largest absolute Gasteiger partial charge is 0.265 e. The van der Waals surface area contributed by atoms with Crippen LogP contribution in [0.25, 0.3) is 0 Å². The number of benzene rings is 1. The van der Waals surface area contributed by atoms with Crippen molar-refractivity contribution in [1.29, 1.82) is 0 Å². The van der Waals surface area contributed by atoms with Crippen LogP contribution in [0.2, 0.25) is 0 Å². The maximum Gasteiger partial charge on any atom is 0.265 e. The Morgan fingerprint density at radius 3 is 2.33 bits per heavy atom. The van der Waals surface area contributed by atoms with Crippen LogP contribution in [-0.4, -0.2) is 20.4 Å². The van der Waals surface area contributed by atoms with E-state index in [0.29, 0.717) is 11.7 Å². The Labute approximate surface area is 126 Å². The van der Waals surface area contributed by atoms with Crippen LogP contribution in [0.15, 0.2) is 53.6 Å². The summed E-state index contributed by atoms with van der Waals surface area (Å²) in [5, 5.41) is 0. The van der Waals surface area contributed by atoms with Gasteiger partial charge in [-0.15, -0.1) is 0 Å². The lowest BCUT2D eigenvalue weighted by Crippen LogP contribution is -2.27. The lowest BCUT2D eigenvalue weighted by molar-refractivity contribution is 0.594. The zero-order valence-corrected chi connectivity index (χ0v) is 13.3. The molecular weight excluding hydrogens is 284 g/mol. The van der Waals surface area contributed by atoms with Crippen molar-refractivity contribution in [2.75, 3.05) is 11.4 Å². The standard InChI is InChI=1S/C16H20N2O2S/c1-4-13(2)14-8-10-15(11-9-14)21(19,20)18(3)16-7-5-6-12-17-16/h5-13H,4H2,1-3H3/t13-/m1/s1. The highest BCUT2D eigenvalue weighted by atomic mass is 32.2. The van der Waals surface area contributed by atoms with E-state index in [1.54, 1.807) is 36.5 Å². The minimum Gasteiger partial charge on any atom is -0.253 e. The lowest BCUT2D eigenvalue weighted by Gasteiger charge is -2.18. The number of nitrogens with zero attached hydrogens (tertiary/aromatic N) is 2. The molecule has 4 nitrogen and oxygen atoms in total. The van der Waals surface area contributed by atoms with Crippen LogP contribution in [0.3, 0.4) is 0 Å². The molecule has 1 atom stereocenters. The van der Waals surface area contributed by atoms with Gasteiger partial charge in [0.25, 0.3) is 10.0 Å². The molecule has 0 bridgehead atoms. The summed E-state index contributed by atoms with van der Waals surface area (Å²) in [6, 6.07) is 12.3. The number of sulfonamides is 1. The Bertz CT molecular complexity index is 682. The molecule has 5 heteroatoms. The van der Waals surface area contributed by atoms with Gasteiger partial charge in [-0.25, -0.2) is 13.4 Å². The Morgan fingerprint density at radius 2 is 1.81 bits per heavy atom. The third kappa shape index (κ3) is 3.24. The predicted molar refractivity (Wildman–Crippen MR) is 85.0 cm³/mol. The van der Waals surface area contributed by atoms with Gasteiger partial charge in [0, 0.05) is 13.2 Å². The van der Waals surface area contributed by atoms with Gasteiger partial charge in [-0.05, 0) is 42.2 Å². The van der Waals surface area contributed by atoms with E-state index in [0.717, 1.165) is 12.0 Å². The minimum atomic E-state index is -3.57. The van der Waals surface area contributed by atoms with Gasteiger partial charge >= 0.3 is 0 Å². The quantitative estimate of drug-likeness (QED) is 0.850. The molecule has 0 saturated heterocycles. The second-order valence-electron chi connectivity index (χ2n) is 5.04. The van der Waals surface area contributed by atoms with Gasteiger partial charge in [0.15, 0.2) is 0 Å². The minimum absolute atomic E-state index is 0.280. The molecule has 2 aromatic rings. The number of aromatic nitrogens is 1. The summed E-state index contributed by atoms with van der Waals surface area (Å²) >= 11 is 0. The molecule has 1 aromatic carbocycles. The molecule has 0 fully saturated rings. The molecule has 0 radical (unpaired) electrons. The van der Waals surface area contributed by atoms with E-state index >= 15 is 0 Å². The highest BCUT2D eigenvalue weighted by Gasteiger charge is 2.22. The first-order valence-electron chi connectivity index (χ1n) is 6.96. The van der Waals surface area contributed by atoms with Gasteiger partial charge in [0.2, 0.25) is 0 Å². The molecular formula is C16H20N2O2S. The van der Waals surface area contributed by atoms with Gasteiger partial charge < -0.3 is 0 Å². The first-order chi connectivity index (χ1) is 9.96. The van der Waals surface area contributed by atoms with Crippen LogP contribution in [0.5, 0.6) is 0 Å². The normalized spacial score (nSPS) is 12.9. The maximum atomic E-state index is 12.6. The van der Waals surface area contributed by atoms with Crippen LogP contribution in [0.4, 0.5) is 5.82 Å². The first kappa shape index (κ1) is 15.5. The summed E-state index contributed by atoms with van der Waals surface area (Å²) in [6.07, 6.45) is 2.60. The monoisotopic (exact) mass is 304 g/mol. The van der Waals surface area contributed by atoms with E-state index in [-0.39, 0.29) is 4.90 Å². The maximum absolute atomic E-state index is 12.6. The summed E-state index contributed by atoms with van der Waals surface area (Å²) < 4.78 is 26.3. The molecule has 112 valence electrons. The van der Waals surface area contributed by atoms with Crippen molar-refractivity contribution in [3.05, 3.63) is 54.2 Å². The predicted octanol–water partition coefficient (Wildman–Crippen LogP) is 3.42. The van der Waals surface area contributed by atoms with Gasteiger partial charge in [0.05, 0.1) is 4.90 Å². The van der Waals surface area contributed by atoms with Crippen molar-refractivity contribution >= 4 is 15.8 Å². The second kappa shape index (κ2) is 6.26. The highest BCUT2D eigenvalue weighted by Crippen LogP contribution is 2.23. The molecule has 0 aliphatic heterocycles. The number of rotatable bonds is 5. The zero-order valence-electron chi connectivity index (χ0n) is 12.5. The molecule has 0 N–H and O–H groups in total. The summed E-state index contributed by atoms with van der Waals surface area (Å²) in [5.74, 6) is 0.832. The summed E-state index contributed by atoms with van der Waals surface area (Å²) in [4.78, 5) is 4.36. The van der Waals surface area contributed by atoms with E-state index in [2.05, 4.69) is 18.8 Å². The number of anilines is 1. The fraction of sp³-hybridized carbons (Fsp3) is 0.312. The van der Waals surface area contributed by atoms with Crippen LogP contribution in [-0.2, 0) is 10.0 Å². The summed E-state index contributed by atoms with van der Waals surface area (Å²) in [5.41, 5.74) is 1.15.